The van der Waals surface area contributed by atoms with E-state index >= 15 is 0 Å². The number of methoxy groups -OCH3 is 1. The summed E-state index contributed by atoms with van der Waals surface area (Å²) in [6.07, 6.45) is 2.00. The Labute approximate surface area is 118 Å². The quantitative estimate of drug-likeness (QED) is 0.730. The van der Waals surface area contributed by atoms with Gasteiger partial charge in [-0.3, -0.25) is 4.40 Å². The van der Waals surface area contributed by atoms with Crippen LogP contribution in [0.2, 0.25) is 0 Å². The third-order valence-corrected chi connectivity index (χ3v) is 3.34. The fourth-order valence-electron chi connectivity index (χ4n) is 2.22. The Morgan fingerprint density at radius 2 is 1.80 bits per heavy atom. The lowest BCUT2D eigenvalue weighted by Crippen LogP contribution is -2.07. The number of imidazole rings is 1. The highest BCUT2D eigenvalue weighted by Crippen LogP contribution is 2.24. The summed E-state index contributed by atoms with van der Waals surface area (Å²) < 4.78 is 7.30. The number of benzene rings is 1. The molecule has 3 rings (SSSR count). The summed E-state index contributed by atoms with van der Waals surface area (Å²) in [4.78, 5) is 6.72. The second kappa shape index (κ2) is 4.89. The molecule has 0 saturated heterocycles. The van der Waals surface area contributed by atoms with Crippen LogP contribution in [0.4, 0.5) is 5.69 Å². The van der Waals surface area contributed by atoms with Gasteiger partial charge < -0.3 is 9.64 Å². The lowest BCUT2D eigenvalue weighted by Gasteiger charge is -2.12. The molecule has 0 unspecified atom stereocenters. The van der Waals surface area contributed by atoms with Gasteiger partial charge in [-0.25, -0.2) is 4.98 Å². The monoisotopic (exact) mass is 267 g/mol. The van der Waals surface area contributed by atoms with E-state index in [0.29, 0.717) is 0 Å². The molecule has 4 nitrogen and oxygen atoms in total. The zero-order valence-electron chi connectivity index (χ0n) is 11.9. The fraction of sp³-hybridized carbons (Fsp3) is 0.188. The van der Waals surface area contributed by atoms with Crippen LogP contribution in [-0.2, 0) is 0 Å². The first-order valence-electron chi connectivity index (χ1n) is 6.49. The maximum absolute atomic E-state index is 5.34. The Morgan fingerprint density at radius 3 is 2.45 bits per heavy atom. The molecule has 2 aromatic heterocycles. The highest BCUT2D eigenvalue weighted by molar-refractivity contribution is 5.65. The van der Waals surface area contributed by atoms with Crippen molar-refractivity contribution in [2.75, 3.05) is 26.1 Å². The van der Waals surface area contributed by atoms with Crippen LogP contribution in [0.15, 0.2) is 48.7 Å². The molecule has 4 heteroatoms. The molecule has 0 fully saturated rings. The smallest absolute Gasteiger partial charge is 0.198 e. The summed E-state index contributed by atoms with van der Waals surface area (Å²) in [5, 5.41) is 0. The zero-order valence-corrected chi connectivity index (χ0v) is 11.9. The molecule has 20 heavy (non-hydrogen) atoms. The minimum absolute atomic E-state index is 0.783. The number of hydrogen-bond donors (Lipinski definition) is 0. The van der Waals surface area contributed by atoms with Gasteiger partial charge in [-0.1, -0.05) is 18.2 Å². The Balaban J connectivity index is 2.06. The zero-order chi connectivity index (χ0) is 14.1. The van der Waals surface area contributed by atoms with Crippen molar-refractivity contribution in [3.8, 4) is 17.1 Å². The first kappa shape index (κ1) is 12.5. The molecule has 3 aromatic rings. The molecule has 2 heterocycles. The van der Waals surface area contributed by atoms with Crippen LogP contribution in [0, 0.1) is 0 Å². The maximum Gasteiger partial charge on any atom is 0.198 e. The Morgan fingerprint density at radius 1 is 1.05 bits per heavy atom. The second-order valence-corrected chi connectivity index (χ2v) is 4.86. The van der Waals surface area contributed by atoms with Gasteiger partial charge in [0.25, 0.3) is 0 Å². The molecule has 0 bridgehead atoms. The van der Waals surface area contributed by atoms with Crippen LogP contribution in [0.3, 0.4) is 0 Å². The van der Waals surface area contributed by atoms with Crippen molar-refractivity contribution in [1.82, 2.24) is 9.38 Å². The number of fused-ring (bicyclic) bond motifs is 1. The van der Waals surface area contributed by atoms with Gasteiger partial charge in [0.2, 0.25) is 0 Å². The molecule has 0 amide bonds. The van der Waals surface area contributed by atoms with Gasteiger partial charge in [-0.15, -0.1) is 0 Å². The third-order valence-electron chi connectivity index (χ3n) is 3.34. The molecule has 0 aliphatic carbocycles. The number of anilines is 1. The molecule has 1 aromatic carbocycles. The summed E-state index contributed by atoms with van der Waals surface area (Å²) in [6, 6.07) is 14.2. The highest BCUT2D eigenvalue weighted by Gasteiger charge is 2.07. The van der Waals surface area contributed by atoms with Gasteiger partial charge >= 0.3 is 0 Å². The molecule has 0 aliphatic heterocycles. The van der Waals surface area contributed by atoms with Crippen molar-refractivity contribution in [3.05, 3.63) is 48.7 Å². The summed E-state index contributed by atoms with van der Waals surface area (Å²) in [7, 11) is 5.73. The van der Waals surface area contributed by atoms with E-state index in [1.165, 1.54) is 5.69 Å². The third kappa shape index (κ3) is 2.09. The standard InChI is InChI=1S/C16H17N3O/c1-18(2)13-9-7-12(8-10-13)14-11-19-15(17-14)5-4-6-16(19)20-3/h4-11H,1-3H3. The van der Waals surface area contributed by atoms with E-state index < -0.39 is 0 Å². The van der Waals surface area contributed by atoms with E-state index in [9.17, 15) is 0 Å². The first-order valence-corrected chi connectivity index (χ1v) is 6.49. The molecular formula is C16H17N3O. The molecule has 0 saturated carbocycles. The van der Waals surface area contributed by atoms with Crippen LogP contribution in [-0.4, -0.2) is 30.6 Å². The van der Waals surface area contributed by atoms with E-state index in [0.717, 1.165) is 22.8 Å². The van der Waals surface area contributed by atoms with Crippen LogP contribution in [0.25, 0.3) is 16.9 Å². The average molecular weight is 267 g/mol. The molecule has 0 N–H and O–H groups in total. The number of pyridine rings is 1. The molecule has 102 valence electrons. The largest absolute Gasteiger partial charge is 0.482 e. The number of aromatic nitrogens is 2. The van der Waals surface area contributed by atoms with Crippen molar-refractivity contribution >= 4 is 11.3 Å². The minimum atomic E-state index is 0.783. The predicted octanol–water partition coefficient (Wildman–Crippen LogP) is 3.08. The highest BCUT2D eigenvalue weighted by atomic mass is 16.5. The van der Waals surface area contributed by atoms with Crippen LogP contribution in [0.1, 0.15) is 0 Å². The minimum Gasteiger partial charge on any atom is -0.482 e. The normalized spacial score (nSPS) is 10.8. The number of rotatable bonds is 3. The van der Waals surface area contributed by atoms with Crippen molar-refractivity contribution < 1.29 is 4.74 Å². The lowest BCUT2D eigenvalue weighted by atomic mass is 10.1. The van der Waals surface area contributed by atoms with Gasteiger partial charge in [-0.05, 0) is 24.3 Å². The predicted molar refractivity (Wildman–Crippen MR) is 81.5 cm³/mol. The number of nitrogens with zero attached hydrogens (tertiary/aromatic N) is 3. The van der Waals surface area contributed by atoms with Gasteiger partial charge in [-0.2, -0.15) is 0 Å². The topological polar surface area (TPSA) is 29.8 Å². The van der Waals surface area contributed by atoms with Crippen LogP contribution < -0.4 is 9.64 Å². The molecule has 0 radical (unpaired) electrons. The fourth-order valence-corrected chi connectivity index (χ4v) is 2.22. The number of ether oxygens (including phenoxy) is 1. The Bertz CT molecular complexity index is 729. The molecular weight excluding hydrogens is 250 g/mol. The van der Waals surface area contributed by atoms with Gasteiger partial charge in [0.1, 0.15) is 5.65 Å². The van der Waals surface area contributed by atoms with Gasteiger partial charge in [0.05, 0.1) is 12.8 Å². The van der Waals surface area contributed by atoms with Crippen molar-refractivity contribution in [2.45, 2.75) is 0 Å². The van der Waals surface area contributed by atoms with E-state index in [-0.39, 0.29) is 0 Å². The summed E-state index contributed by atoms with van der Waals surface area (Å²) >= 11 is 0. The van der Waals surface area contributed by atoms with E-state index in [2.05, 4.69) is 34.1 Å². The molecule has 0 spiro atoms. The summed E-state index contributed by atoms with van der Waals surface area (Å²) in [5.74, 6) is 0.783. The lowest BCUT2D eigenvalue weighted by molar-refractivity contribution is 0.392. The van der Waals surface area contributed by atoms with E-state index in [4.69, 9.17) is 4.74 Å². The SMILES string of the molecule is COc1cccc2nc(-c3ccc(N(C)C)cc3)cn12. The van der Waals surface area contributed by atoms with Crippen LogP contribution in [0.5, 0.6) is 5.88 Å². The van der Waals surface area contributed by atoms with E-state index in [1.807, 2.05) is 42.9 Å². The first-order chi connectivity index (χ1) is 9.69. The Kier molecular flexibility index (Phi) is 3.06. The van der Waals surface area contributed by atoms with Gasteiger partial charge in [0, 0.05) is 31.5 Å². The number of hydrogen-bond acceptors (Lipinski definition) is 3. The van der Waals surface area contributed by atoms with Gasteiger partial charge in [0.15, 0.2) is 5.88 Å². The average Bonchev–Trinajstić information content (AvgIpc) is 2.91. The maximum atomic E-state index is 5.34. The van der Waals surface area contributed by atoms with E-state index in [1.54, 1.807) is 7.11 Å². The molecule has 0 aliphatic rings. The molecule has 0 atom stereocenters. The Hall–Kier alpha value is -2.49. The summed E-state index contributed by atoms with van der Waals surface area (Å²) in [6.45, 7) is 0. The second-order valence-electron chi connectivity index (χ2n) is 4.86. The summed E-state index contributed by atoms with van der Waals surface area (Å²) in [5.41, 5.74) is 4.10. The van der Waals surface area contributed by atoms with Crippen molar-refractivity contribution in [2.24, 2.45) is 0 Å². The van der Waals surface area contributed by atoms with Crippen molar-refractivity contribution in [3.63, 3.8) is 0 Å². The van der Waals surface area contributed by atoms with Crippen molar-refractivity contribution in [1.29, 1.82) is 0 Å². The van der Waals surface area contributed by atoms with Crippen LogP contribution >= 0.6 is 0 Å².